The van der Waals surface area contributed by atoms with Crippen LogP contribution in [0.15, 0.2) is 30.6 Å². The summed E-state index contributed by atoms with van der Waals surface area (Å²) in [5.74, 6) is 2.18. The normalized spacial score (nSPS) is 20.3. The minimum absolute atomic E-state index is 0.251. The third-order valence-electron chi connectivity index (χ3n) is 5.44. The monoisotopic (exact) mass is 339 g/mol. The number of hydrogen-bond acceptors (Lipinski definition) is 5. The van der Waals surface area contributed by atoms with Crippen LogP contribution in [0.3, 0.4) is 0 Å². The van der Waals surface area contributed by atoms with E-state index in [-0.39, 0.29) is 5.92 Å². The molecule has 2 aliphatic rings. The van der Waals surface area contributed by atoms with E-state index < -0.39 is 5.60 Å². The molecule has 2 aromatic rings. The second kappa shape index (κ2) is 6.30. The summed E-state index contributed by atoms with van der Waals surface area (Å²) in [6.07, 6.45) is 4.55. The molecular formula is C20H25N3O2. The van der Waals surface area contributed by atoms with Crippen LogP contribution in [0.5, 0.6) is 5.75 Å². The van der Waals surface area contributed by atoms with Crippen molar-refractivity contribution in [2.24, 2.45) is 5.92 Å². The largest absolute Gasteiger partial charge is 0.487 e. The lowest BCUT2D eigenvalue weighted by Gasteiger charge is -2.39. The Hall–Kier alpha value is -2.14. The van der Waals surface area contributed by atoms with Crippen molar-refractivity contribution in [1.82, 2.24) is 9.97 Å². The maximum atomic E-state index is 10.4. The van der Waals surface area contributed by atoms with Gasteiger partial charge in [0.15, 0.2) is 0 Å². The number of piperidine rings is 1. The molecule has 0 radical (unpaired) electrons. The molecule has 5 heteroatoms. The second-order valence-electron chi connectivity index (χ2n) is 7.63. The Labute approximate surface area is 148 Å². The summed E-state index contributed by atoms with van der Waals surface area (Å²) in [4.78, 5) is 11.4. The van der Waals surface area contributed by atoms with Gasteiger partial charge in [-0.1, -0.05) is 18.2 Å². The fraction of sp³-hybridized carbons (Fsp3) is 0.500. The highest BCUT2D eigenvalue weighted by atomic mass is 16.5. The molecule has 1 aromatic heterocycles. The standard InChI is InChI=1S/C20H25N3O2/c1-20(2,24)15-7-5-9-23(11-15)19-16-10-14-6-3-4-8-18(14)25-12-17(16)21-13-22-19/h3-4,6,8,13,15,24H,5,7,9-12H2,1-2H3/t15-/m0/s1. The van der Waals surface area contributed by atoms with Crippen LogP contribution in [0, 0.1) is 5.92 Å². The quantitative estimate of drug-likeness (QED) is 0.911. The Morgan fingerprint density at radius 2 is 2.08 bits per heavy atom. The summed E-state index contributed by atoms with van der Waals surface area (Å²) in [6.45, 7) is 6.09. The fourth-order valence-electron chi connectivity index (χ4n) is 3.89. The Balaban J connectivity index is 1.69. The molecule has 5 nitrogen and oxygen atoms in total. The molecule has 1 N–H and O–H groups in total. The number of benzene rings is 1. The third-order valence-corrected chi connectivity index (χ3v) is 5.44. The van der Waals surface area contributed by atoms with Crippen LogP contribution < -0.4 is 9.64 Å². The van der Waals surface area contributed by atoms with E-state index in [0.717, 1.165) is 55.2 Å². The molecule has 1 aromatic carbocycles. The summed E-state index contributed by atoms with van der Waals surface area (Å²) in [7, 11) is 0. The minimum atomic E-state index is -0.668. The van der Waals surface area contributed by atoms with Gasteiger partial charge in [-0.2, -0.15) is 0 Å². The molecule has 0 saturated carbocycles. The number of fused-ring (bicyclic) bond motifs is 2. The summed E-state index contributed by atoms with van der Waals surface area (Å²) in [6, 6.07) is 8.17. The van der Waals surface area contributed by atoms with Crippen LogP contribution in [0.4, 0.5) is 5.82 Å². The molecule has 0 bridgehead atoms. The number of ether oxygens (including phenoxy) is 1. The zero-order chi connectivity index (χ0) is 17.4. The van der Waals surface area contributed by atoms with Crippen molar-refractivity contribution in [3.63, 3.8) is 0 Å². The summed E-state index contributed by atoms with van der Waals surface area (Å²) >= 11 is 0. The van der Waals surface area contributed by atoms with Gasteiger partial charge in [-0.15, -0.1) is 0 Å². The first kappa shape index (κ1) is 16.3. The Morgan fingerprint density at radius 3 is 2.92 bits per heavy atom. The predicted octanol–water partition coefficient (Wildman–Crippen LogP) is 2.95. The highest BCUT2D eigenvalue weighted by Crippen LogP contribution is 2.34. The Morgan fingerprint density at radius 1 is 1.24 bits per heavy atom. The van der Waals surface area contributed by atoms with Crippen LogP contribution in [0.2, 0.25) is 0 Å². The van der Waals surface area contributed by atoms with E-state index in [1.54, 1.807) is 6.33 Å². The van der Waals surface area contributed by atoms with Crippen LogP contribution in [0.1, 0.15) is 43.5 Å². The van der Waals surface area contributed by atoms with Gasteiger partial charge in [-0.25, -0.2) is 9.97 Å². The van der Waals surface area contributed by atoms with Gasteiger partial charge in [-0.3, -0.25) is 0 Å². The molecular weight excluding hydrogens is 314 g/mol. The molecule has 2 aliphatic heterocycles. The number of anilines is 1. The predicted molar refractivity (Wildman–Crippen MR) is 96.8 cm³/mol. The number of aromatic nitrogens is 2. The molecule has 0 unspecified atom stereocenters. The summed E-state index contributed by atoms with van der Waals surface area (Å²) in [5.41, 5.74) is 2.63. The highest BCUT2D eigenvalue weighted by molar-refractivity contribution is 5.53. The van der Waals surface area contributed by atoms with E-state index >= 15 is 0 Å². The number of aliphatic hydroxyl groups is 1. The van der Waals surface area contributed by atoms with Crippen molar-refractivity contribution in [2.45, 2.75) is 45.3 Å². The SMILES string of the molecule is CC(C)(O)[C@H]1CCCN(c2ncnc3c2Cc2ccccc2OC3)C1. The average Bonchev–Trinajstić information content (AvgIpc) is 2.80. The molecule has 1 saturated heterocycles. The van der Waals surface area contributed by atoms with Crippen molar-refractivity contribution in [3.8, 4) is 5.75 Å². The first-order chi connectivity index (χ1) is 12.0. The number of rotatable bonds is 2. The molecule has 0 aliphatic carbocycles. The fourth-order valence-corrected chi connectivity index (χ4v) is 3.89. The van der Waals surface area contributed by atoms with Gasteiger partial charge in [0.05, 0.1) is 11.3 Å². The van der Waals surface area contributed by atoms with Crippen molar-refractivity contribution in [3.05, 3.63) is 47.4 Å². The van der Waals surface area contributed by atoms with Gasteiger partial charge >= 0.3 is 0 Å². The lowest BCUT2D eigenvalue weighted by molar-refractivity contribution is 0.0109. The van der Waals surface area contributed by atoms with Crippen molar-refractivity contribution in [1.29, 1.82) is 0 Å². The summed E-state index contributed by atoms with van der Waals surface area (Å²) < 4.78 is 5.94. The summed E-state index contributed by atoms with van der Waals surface area (Å²) in [5, 5.41) is 10.4. The van der Waals surface area contributed by atoms with E-state index in [1.165, 1.54) is 5.56 Å². The lowest BCUT2D eigenvalue weighted by Crippen LogP contribution is -2.45. The lowest BCUT2D eigenvalue weighted by atomic mass is 9.84. The number of hydrogen-bond donors (Lipinski definition) is 1. The van der Waals surface area contributed by atoms with Gasteiger partial charge in [-0.05, 0) is 38.3 Å². The molecule has 3 heterocycles. The molecule has 0 amide bonds. The van der Waals surface area contributed by atoms with Gasteiger partial charge in [0.25, 0.3) is 0 Å². The third kappa shape index (κ3) is 3.21. The number of para-hydroxylation sites is 1. The maximum absolute atomic E-state index is 10.4. The van der Waals surface area contributed by atoms with Crippen LogP contribution in [-0.4, -0.2) is 33.8 Å². The zero-order valence-electron chi connectivity index (χ0n) is 14.9. The van der Waals surface area contributed by atoms with E-state index in [9.17, 15) is 5.11 Å². The molecule has 1 atom stereocenters. The van der Waals surface area contributed by atoms with Gasteiger partial charge < -0.3 is 14.7 Å². The van der Waals surface area contributed by atoms with E-state index in [0.29, 0.717) is 6.61 Å². The Kier molecular flexibility index (Phi) is 4.12. The van der Waals surface area contributed by atoms with Crippen molar-refractivity contribution >= 4 is 5.82 Å². The van der Waals surface area contributed by atoms with E-state index in [2.05, 4.69) is 20.9 Å². The number of nitrogens with zero attached hydrogens (tertiary/aromatic N) is 3. The van der Waals surface area contributed by atoms with Crippen LogP contribution >= 0.6 is 0 Å². The first-order valence-electron chi connectivity index (χ1n) is 9.03. The van der Waals surface area contributed by atoms with Gasteiger partial charge in [0.2, 0.25) is 0 Å². The molecule has 1 fully saturated rings. The highest BCUT2D eigenvalue weighted by Gasteiger charge is 2.33. The smallest absolute Gasteiger partial charge is 0.135 e. The average molecular weight is 339 g/mol. The zero-order valence-corrected chi connectivity index (χ0v) is 14.9. The molecule has 0 spiro atoms. The van der Waals surface area contributed by atoms with Crippen molar-refractivity contribution < 1.29 is 9.84 Å². The van der Waals surface area contributed by atoms with E-state index in [1.807, 2.05) is 32.0 Å². The van der Waals surface area contributed by atoms with Crippen molar-refractivity contribution in [2.75, 3.05) is 18.0 Å². The van der Waals surface area contributed by atoms with Crippen LogP contribution in [0.25, 0.3) is 0 Å². The second-order valence-corrected chi connectivity index (χ2v) is 7.63. The van der Waals surface area contributed by atoms with Gasteiger partial charge in [0.1, 0.15) is 24.5 Å². The Bertz CT molecular complexity index is 770. The molecule has 25 heavy (non-hydrogen) atoms. The maximum Gasteiger partial charge on any atom is 0.135 e. The molecule has 132 valence electrons. The van der Waals surface area contributed by atoms with Crippen LogP contribution in [-0.2, 0) is 13.0 Å². The first-order valence-corrected chi connectivity index (χ1v) is 9.03. The van der Waals surface area contributed by atoms with E-state index in [4.69, 9.17) is 4.74 Å². The molecule has 4 rings (SSSR count). The minimum Gasteiger partial charge on any atom is -0.487 e. The topological polar surface area (TPSA) is 58.5 Å². The van der Waals surface area contributed by atoms with Gasteiger partial charge in [0, 0.05) is 31.0 Å².